The highest BCUT2D eigenvalue weighted by molar-refractivity contribution is 5.85. The summed E-state index contributed by atoms with van der Waals surface area (Å²) in [5.74, 6) is -0.239. The van der Waals surface area contributed by atoms with Crippen molar-refractivity contribution in [2.45, 2.75) is 53.6 Å². The van der Waals surface area contributed by atoms with Gasteiger partial charge in [-0.3, -0.25) is 4.79 Å². The van der Waals surface area contributed by atoms with Crippen molar-refractivity contribution in [1.29, 1.82) is 0 Å². The third-order valence-electron chi connectivity index (χ3n) is 3.56. The van der Waals surface area contributed by atoms with Crippen LogP contribution in [0.4, 0.5) is 0 Å². The fourth-order valence-electron chi connectivity index (χ4n) is 1.95. The molecule has 0 aromatic rings. The van der Waals surface area contributed by atoms with Crippen LogP contribution in [0.3, 0.4) is 0 Å². The third-order valence-corrected chi connectivity index (χ3v) is 3.56. The van der Waals surface area contributed by atoms with E-state index in [9.17, 15) is 15.0 Å². The molecular weight excluding hydrogens is 230 g/mol. The molecule has 0 aliphatic rings. The van der Waals surface area contributed by atoms with E-state index in [-0.39, 0.29) is 24.3 Å². The fourth-order valence-corrected chi connectivity index (χ4v) is 1.95. The molecule has 3 N–H and O–H groups in total. The van der Waals surface area contributed by atoms with Gasteiger partial charge in [0.2, 0.25) is 0 Å². The lowest BCUT2D eigenvalue weighted by atomic mass is 9.76. The van der Waals surface area contributed by atoms with Gasteiger partial charge in [0.05, 0.1) is 13.2 Å². The zero-order valence-electron chi connectivity index (χ0n) is 12.4. The molecule has 0 saturated carbocycles. The van der Waals surface area contributed by atoms with E-state index >= 15 is 0 Å². The van der Waals surface area contributed by atoms with Crippen molar-refractivity contribution >= 4 is 5.78 Å². The van der Waals surface area contributed by atoms with Crippen LogP contribution in [0.5, 0.6) is 0 Å². The molecule has 0 aliphatic carbocycles. The molecule has 0 aliphatic heterocycles. The first-order chi connectivity index (χ1) is 8.22. The van der Waals surface area contributed by atoms with E-state index in [0.717, 1.165) is 6.54 Å². The summed E-state index contributed by atoms with van der Waals surface area (Å²) in [6.45, 7) is 10.7. The van der Waals surface area contributed by atoms with Crippen LogP contribution in [-0.4, -0.2) is 41.8 Å². The molecule has 4 nitrogen and oxygen atoms in total. The number of nitrogens with one attached hydrogen (secondary N) is 1. The van der Waals surface area contributed by atoms with E-state index < -0.39 is 11.5 Å². The van der Waals surface area contributed by atoms with Crippen molar-refractivity contribution in [2.75, 3.05) is 19.7 Å². The van der Waals surface area contributed by atoms with Gasteiger partial charge in [-0.1, -0.05) is 34.6 Å². The molecule has 0 heterocycles. The van der Waals surface area contributed by atoms with Gasteiger partial charge in [0, 0.05) is 12.0 Å². The normalized spacial score (nSPS) is 14.6. The van der Waals surface area contributed by atoms with Gasteiger partial charge in [0.15, 0.2) is 5.78 Å². The van der Waals surface area contributed by atoms with E-state index in [0.29, 0.717) is 12.8 Å². The van der Waals surface area contributed by atoms with Crippen LogP contribution in [0.1, 0.15) is 47.5 Å². The summed E-state index contributed by atoms with van der Waals surface area (Å²) in [5.41, 5.74) is -0.588. The van der Waals surface area contributed by atoms with Crippen LogP contribution < -0.4 is 5.32 Å². The number of aliphatic hydroxyl groups excluding tert-OH is 2. The van der Waals surface area contributed by atoms with E-state index in [1.807, 2.05) is 13.8 Å². The number of Topliss-reactive ketones (excluding diaryl/α,β-unsaturated/α-hetero) is 1. The minimum absolute atomic E-state index is 0.106. The number of carbonyl (C=O) groups is 1. The van der Waals surface area contributed by atoms with Gasteiger partial charge in [-0.2, -0.15) is 0 Å². The molecule has 1 unspecified atom stereocenters. The Labute approximate surface area is 111 Å². The molecule has 0 amide bonds. The quantitative estimate of drug-likeness (QED) is 0.615. The van der Waals surface area contributed by atoms with Crippen molar-refractivity contribution in [3.8, 4) is 0 Å². The Bertz CT molecular complexity index is 246. The van der Waals surface area contributed by atoms with Gasteiger partial charge in [0.1, 0.15) is 6.10 Å². The second-order valence-corrected chi connectivity index (χ2v) is 6.26. The van der Waals surface area contributed by atoms with Crippen LogP contribution in [0.25, 0.3) is 0 Å². The van der Waals surface area contributed by atoms with Gasteiger partial charge in [0.25, 0.3) is 0 Å². The summed E-state index contributed by atoms with van der Waals surface area (Å²) in [6, 6.07) is 0. The summed E-state index contributed by atoms with van der Waals surface area (Å²) >= 11 is 0. The maximum Gasteiger partial charge on any atom is 0.175 e. The Hall–Kier alpha value is -0.450. The van der Waals surface area contributed by atoms with Crippen LogP contribution in [0.2, 0.25) is 0 Å². The monoisotopic (exact) mass is 259 g/mol. The van der Waals surface area contributed by atoms with E-state index in [1.54, 1.807) is 0 Å². The minimum atomic E-state index is -1.09. The Balaban J connectivity index is 4.41. The third kappa shape index (κ3) is 5.04. The van der Waals surface area contributed by atoms with Gasteiger partial charge >= 0.3 is 0 Å². The highest BCUT2D eigenvalue weighted by atomic mass is 16.3. The van der Waals surface area contributed by atoms with Crippen molar-refractivity contribution < 1.29 is 15.0 Å². The Kier molecular flexibility index (Phi) is 7.04. The number of carbonyl (C=O) groups excluding carboxylic acids is 1. The smallest absolute Gasteiger partial charge is 0.175 e. The molecule has 1 atom stereocenters. The summed E-state index contributed by atoms with van der Waals surface area (Å²) in [4.78, 5) is 11.9. The molecule has 108 valence electrons. The van der Waals surface area contributed by atoms with Crippen LogP contribution in [-0.2, 0) is 4.79 Å². The summed E-state index contributed by atoms with van der Waals surface area (Å²) in [6.07, 6.45) is 0.0863. The molecular formula is C14H29NO3. The molecule has 0 aromatic carbocycles. The van der Waals surface area contributed by atoms with Crippen molar-refractivity contribution in [1.82, 2.24) is 5.32 Å². The summed E-state index contributed by atoms with van der Waals surface area (Å²) in [5, 5.41) is 22.6. The summed E-state index contributed by atoms with van der Waals surface area (Å²) in [7, 11) is 0. The maximum atomic E-state index is 11.9. The molecule has 4 heteroatoms. The maximum absolute atomic E-state index is 11.9. The molecule has 0 fully saturated rings. The Morgan fingerprint density at radius 2 is 1.72 bits per heavy atom. The standard InChI is InChI=1S/C14H29NO3/c1-6-14(7-2,10-16)12(18)11(17)8-15-9-13(3,4)5/h12,15-16,18H,6-10H2,1-5H3. The summed E-state index contributed by atoms with van der Waals surface area (Å²) < 4.78 is 0. The second-order valence-electron chi connectivity index (χ2n) is 6.26. The number of rotatable bonds is 8. The minimum Gasteiger partial charge on any atom is -0.396 e. The molecule has 0 rings (SSSR count). The molecule has 0 spiro atoms. The highest BCUT2D eigenvalue weighted by Crippen LogP contribution is 2.30. The fraction of sp³-hybridized carbons (Fsp3) is 0.929. The first-order valence-corrected chi connectivity index (χ1v) is 6.74. The van der Waals surface area contributed by atoms with Crippen molar-refractivity contribution in [3.63, 3.8) is 0 Å². The largest absolute Gasteiger partial charge is 0.396 e. The average Bonchev–Trinajstić information content (AvgIpc) is 2.30. The lowest BCUT2D eigenvalue weighted by Gasteiger charge is -2.33. The predicted molar refractivity (Wildman–Crippen MR) is 73.4 cm³/mol. The van der Waals surface area contributed by atoms with Gasteiger partial charge in [-0.15, -0.1) is 0 Å². The SMILES string of the molecule is CCC(CC)(CO)C(O)C(=O)CNCC(C)(C)C. The lowest BCUT2D eigenvalue weighted by molar-refractivity contribution is -0.136. The first-order valence-electron chi connectivity index (χ1n) is 6.74. The molecule has 0 aromatic heterocycles. The van der Waals surface area contributed by atoms with Crippen LogP contribution in [0.15, 0.2) is 0 Å². The van der Waals surface area contributed by atoms with E-state index in [4.69, 9.17) is 0 Å². The molecule has 0 radical (unpaired) electrons. The average molecular weight is 259 g/mol. The zero-order valence-corrected chi connectivity index (χ0v) is 12.4. The van der Waals surface area contributed by atoms with Crippen molar-refractivity contribution in [3.05, 3.63) is 0 Å². The highest BCUT2D eigenvalue weighted by Gasteiger charge is 2.38. The topological polar surface area (TPSA) is 69.6 Å². The lowest BCUT2D eigenvalue weighted by Crippen LogP contribution is -2.46. The van der Waals surface area contributed by atoms with Gasteiger partial charge < -0.3 is 15.5 Å². The van der Waals surface area contributed by atoms with Crippen LogP contribution >= 0.6 is 0 Å². The second kappa shape index (κ2) is 7.22. The predicted octanol–water partition coefficient (Wildman–Crippen LogP) is 1.35. The first kappa shape index (κ1) is 17.6. The molecule has 18 heavy (non-hydrogen) atoms. The molecule has 0 saturated heterocycles. The number of hydrogen-bond acceptors (Lipinski definition) is 4. The van der Waals surface area contributed by atoms with Crippen molar-refractivity contribution in [2.24, 2.45) is 10.8 Å². The van der Waals surface area contributed by atoms with Gasteiger partial charge in [-0.25, -0.2) is 0 Å². The Morgan fingerprint density at radius 3 is 2.06 bits per heavy atom. The van der Waals surface area contributed by atoms with E-state index in [1.165, 1.54) is 0 Å². The van der Waals surface area contributed by atoms with E-state index in [2.05, 4.69) is 26.1 Å². The molecule has 0 bridgehead atoms. The zero-order chi connectivity index (χ0) is 14.4. The number of ketones is 1. The number of hydrogen-bond donors (Lipinski definition) is 3. The van der Waals surface area contributed by atoms with Crippen LogP contribution in [0, 0.1) is 10.8 Å². The van der Waals surface area contributed by atoms with Gasteiger partial charge in [-0.05, 0) is 18.3 Å². The number of aliphatic hydroxyl groups is 2. The Morgan fingerprint density at radius 1 is 1.22 bits per heavy atom.